The molecular formula is C14H19F3N2O2. The van der Waals surface area contributed by atoms with Crippen molar-refractivity contribution in [3.05, 3.63) is 35.9 Å². The highest BCUT2D eigenvalue weighted by atomic mass is 19.4. The lowest BCUT2D eigenvalue weighted by Gasteiger charge is -2.30. The Kier molecular flexibility index (Phi) is 6.17. The van der Waals surface area contributed by atoms with E-state index in [0.717, 1.165) is 0 Å². The molecule has 1 unspecified atom stereocenters. The smallest absolute Gasteiger partial charge is 0.379 e. The maximum atomic E-state index is 12.0. The summed E-state index contributed by atoms with van der Waals surface area (Å²) in [6.07, 6.45) is -5.27. The molecule has 1 amide bonds. The highest BCUT2D eigenvalue weighted by Crippen LogP contribution is 2.23. The highest BCUT2D eigenvalue weighted by Gasteiger charge is 2.37. The van der Waals surface area contributed by atoms with Crippen molar-refractivity contribution >= 4 is 5.91 Å². The number of hydrogen-bond donors (Lipinski definition) is 2. The molecule has 0 aliphatic carbocycles. The number of likely N-dealkylation sites (N-methyl/N-ethyl adjacent to an activating group) is 1. The van der Waals surface area contributed by atoms with Crippen LogP contribution in [0.5, 0.6) is 0 Å². The zero-order valence-corrected chi connectivity index (χ0v) is 11.7. The predicted molar refractivity (Wildman–Crippen MR) is 72.5 cm³/mol. The van der Waals surface area contributed by atoms with Crippen LogP contribution in [-0.4, -0.2) is 32.3 Å². The normalized spacial score (nSPS) is 14.7. The summed E-state index contributed by atoms with van der Waals surface area (Å²) >= 11 is 0. The molecule has 0 bridgehead atoms. The fraction of sp³-hybridized carbons (Fsp3) is 0.500. The van der Waals surface area contributed by atoms with E-state index in [9.17, 15) is 18.0 Å². The molecule has 0 saturated heterocycles. The summed E-state index contributed by atoms with van der Waals surface area (Å²) in [6, 6.07) is 8.69. The molecule has 1 rings (SSSR count). The van der Waals surface area contributed by atoms with Crippen molar-refractivity contribution in [1.82, 2.24) is 5.32 Å². The van der Waals surface area contributed by atoms with Gasteiger partial charge in [-0.3, -0.25) is 4.79 Å². The first-order valence-corrected chi connectivity index (χ1v) is 6.50. The number of nitrogens with one attached hydrogen (secondary N) is 1. The minimum Gasteiger partial charge on any atom is -0.379 e. The van der Waals surface area contributed by atoms with E-state index in [1.54, 1.807) is 37.4 Å². The molecule has 118 valence electrons. The lowest BCUT2D eigenvalue weighted by molar-refractivity contribution is -0.139. The van der Waals surface area contributed by atoms with Crippen LogP contribution in [0.3, 0.4) is 0 Å². The van der Waals surface area contributed by atoms with Gasteiger partial charge in [-0.15, -0.1) is 0 Å². The van der Waals surface area contributed by atoms with Crippen molar-refractivity contribution in [1.29, 1.82) is 0 Å². The zero-order valence-electron chi connectivity index (χ0n) is 11.7. The van der Waals surface area contributed by atoms with Crippen LogP contribution in [0, 0.1) is 0 Å². The van der Waals surface area contributed by atoms with E-state index in [2.05, 4.69) is 5.32 Å². The molecular weight excluding hydrogens is 285 g/mol. The molecule has 21 heavy (non-hydrogen) atoms. The van der Waals surface area contributed by atoms with Gasteiger partial charge in [0, 0.05) is 13.0 Å². The van der Waals surface area contributed by atoms with E-state index in [0.29, 0.717) is 5.56 Å². The number of primary amides is 1. The summed E-state index contributed by atoms with van der Waals surface area (Å²) in [5, 5.41) is 2.82. The van der Waals surface area contributed by atoms with E-state index in [-0.39, 0.29) is 19.6 Å². The van der Waals surface area contributed by atoms with Gasteiger partial charge in [0.2, 0.25) is 5.91 Å². The fourth-order valence-electron chi connectivity index (χ4n) is 1.96. The number of rotatable bonds is 8. The molecule has 0 saturated carbocycles. The predicted octanol–water partition coefficient (Wildman–Crippen LogP) is 1.95. The van der Waals surface area contributed by atoms with Gasteiger partial charge in [-0.2, -0.15) is 13.2 Å². The van der Waals surface area contributed by atoms with Crippen LogP contribution >= 0.6 is 0 Å². The number of benzene rings is 1. The topological polar surface area (TPSA) is 64.3 Å². The Bertz CT molecular complexity index is 451. The second kappa shape index (κ2) is 7.42. The van der Waals surface area contributed by atoms with Crippen molar-refractivity contribution in [3.63, 3.8) is 0 Å². The summed E-state index contributed by atoms with van der Waals surface area (Å²) in [7, 11) is 1.55. The number of carbonyl (C=O) groups is 1. The molecule has 0 radical (unpaired) electrons. The third-order valence-corrected chi connectivity index (χ3v) is 3.18. The van der Waals surface area contributed by atoms with Crippen LogP contribution in [0.15, 0.2) is 30.3 Å². The van der Waals surface area contributed by atoms with Gasteiger partial charge in [-0.05, 0) is 19.0 Å². The van der Waals surface area contributed by atoms with Crippen molar-refractivity contribution in [2.45, 2.75) is 24.6 Å². The summed E-state index contributed by atoms with van der Waals surface area (Å²) in [4.78, 5) is 11.8. The molecule has 1 aromatic carbocycles. The number of hydrogen-bond acceptors (Lipinski definition) is 3. The van der Waals surface area contributed by atoms with Gasteiger partial charge in [0.1, 0.15) is 5.54 Å². The molecule has 0 aliphatic heterocycles. The van der Waals surface area contributed by atoms with Crippen LogP contribution < -0.4 is 11.1 Å². The Labute approximate surface area is 121 Å². The summed E-state index contributed by atoms with van der Waals surface area (Å²) < 4.78 is 41.3. The second-order valence-electron chi connectivity index (χ2n) is 4.66. The van der Waals surface area contributed by atoms with Gasteiger partial charge in [-0.1, -0.05) is 30.3 Å². The van der Waals surface area contributed by atoms with Gasteiger partial charge < -0.3 is 15.8 Å². The van der Waals surface area contributed by atoms with Crippen LogP contribution in [-0.2, 0) is 15.1 Å². The zero-order chi connectivity index (χ0) is 15.9. The number of nitrogens with two attached hydrogens (primary N) is 1. The van der Waals surface area contributed by atoms with Crippen LogP contribution in [0.4, 0.5) is 13.2 Å². The first kappa shape index (κ1) is 17.5. The van der Waals surface area contributed by atoms with Crippen molar-refractivity contribution in [2.24, 2.45) is 5.73 Å². The summed E-state index contributed by atoms with van der Waals surface area (Å²) in [6.45, 7) is -0.218. The van der Waals surface area contributed by atoms with Crippen LogP contribution in [0.1, 0.15) is 18.4 Å². The first-order chi connectivity index (χ1) is 9.82. The SMILES string of the molecule is CNC(COCCCC(F)(F)F)(C(N)=O)c1ccccc1. The van der Waals surface area contributed by atoms with E-state index >= 15 is 0 Å². The molecule has 7 heteroatoms. The van der Waals surface area contributed by atoms with E-state index < -0.39 is 24.0 Å². The molecule has 0 aromatic heterocycles. The standard InChI is InChI=1S/C14H19F3N2O2/c1-19-13(12(18)20,11-6-3-2-4-7-11)10-21-9-5-8-14(15,16)17/h2-4,6-7,19H,5,8-10H2,1H3,(H2,18,20). The summed E-state index contributed by atoms with van der Waals surface area (Å²) in [5.41, 5.74) is 4.79. The number of carbonyl (C=O) groups excluding carboxylic acids is 1. The monoisotopic (exact) mass is 304 g/mol. The lowest BCUT2D eigenvalue weighted by atomic mass is 9.90. The Balaban J connectivity index is 2.66. The molecule has 0 aliphatic rings. The second-order valence-corrected chi connectivity index (χ2v) is 4.66. The number of amides is 1. The van der Waals surface area contributed by atoms with Crippen LogP contribution in [0.2, 0.25) is 0 Å². The molecule has 3 N–H and O–H groups in total. The van der Waals surface area contributed by atoms with Gasteiger partial charge in [0.05, 0.1) is 6.61 Å². The molecule has 4 nitrogen and oxygen atoms in total. The fourth-order valence-corrected chi connectivity index (χ4v) is 1.96. The minimum atomic E-state index is -4.20. The molecule has 0 spiro atoms. The van der Waals surface area contributed by atoms with Gasteiger partial charge >= 0.3 is 6.18 Å². The molecule has 1 atom stereocenters. The minimum absolute atomic E-state index is 0.0942. The van der Waals surface area contributed by atoms with Crippen LogP contribution in [0.25, 0.3) is 0 Å². The van der Waals surface area contributed by atoms with Gasteiger partial charge in [0.25, 0.3) is 0 Å². The first-order valence-electron chi connectivity index (χ1n) is 6.50. The van der Waals surface area contributed by atoms with E-state index in [1.807, 2.05) is 0 Å². The van der Waals surface area contributed by atoms with Gasteiger partial charge in [0.15, 0.2) is 0 Å². The average Bonchev–Trinajstić information content (AvgIpc) is 2.42. The third-order valence-electron chi connectivity index (χ3n) is 3.18. The quantitative estimate of drug-likeness (QED) is 0.722. The highest BCUT2D eigenvalue weighted by molar-refractivity contribution is 5.86. The Morgan fingerprint density at radius 1 is 1.29 bits per heavy atom. The van der Waals surface area contributed by atoms with E-state index in [1.165, 1.54) is 0 Å². The molecule has 0 heterocycles. The Hall–Kier alpha value is -1.60. The maximum absolute atomic E-state index is 12.0. The number of ether oxygens (including phenoxy) is 1. The average molecular weight is 304 g/mol. The largest absolute Gasteiger partial charge is 0.389 e. The molecule has 0 fully saturated rings. The Morgan fingerprint density at radius 2 is 1.90 bits per heavy atom. The maximum Gasteiger partial charge on any atom is 0.389 e. The number of alkyl halides is 3. The Morgan fingerprint density at radius 3 is 2.38 bits per heavy atom. The van der Waals surface area contributed by atoms with Crippen molar-refractivity contribution in [2.75, 3.05) is 20.3 Å². The van der Waals surface area contributed by atoms with Gasteiger partial charge in [-0.25, -0.2) is 0 Å². The van der Waals surface area contributed by atoms with Crippen molar-refractivity contribution in [3.8, 4) is 0 Å². The summed E-state index contributed by atoms with van der Waals surface area (Å²) in [5.74, 6) is -0.646. The molecule has 1 aromatic rings. The van der Waals surface area contributed by atoms with E-state index in [4.69, 9.17) is 10.5 Å². The number of halogens is 3. The third kappa shape index (κ3) is 5.02. The lowest BCUT2D eigenvalue weighted by Crippen LogP contribution is -2.54. The van der Waals surface area contributed by atoms with Crippen molar-refractivity contribution < 1.29 is 22.7 Å².